The Morgan fingerprint density at radius 1 is 1.12 bits per heavy atom. The van der Waals surface area contributed by atoms with Crippen molar-refractivity contribution in [1.29, 1.82) is 0 Å². The molecule has 2 N–H and O–H groups in total. The Bertz CT molecular complexity index is 239. The van der Waals surface area contributed by atoms with E-state index in [4.69, 9.17) is 14.7 Å². The highest BCUT2D eigenvalue weighted by molar-refractivity contribution is 5.82. The fourth-order valence-corrected chi connectivity index (χ4v) is 0.974. The maximum atomic E-state index is 11.4. The van der Waals surface area contributed by atoms with E-state index in [0.717, 1.165) is 0 Å². The molecule has 0 aliphatic rings. The van der Waals surface area contributed by atoms with Crippen molar-refractivity contribution in [2.24, 2.45) is 0 Å². The smallest absolute Gasteiger partial charge is 0.326 e. The number of rotatable bonds is 6. The maximum Gasteiger partial charge on any atom is 0.326 e. The molecular formula is C10H19NO5. The molecule has 0 aliphatic heterocycles. The van der Waals surface area contributed by atoms with E-state index in [1.54, 1.807) is 33.2 Å². The zero-order valence-corrected chi connectivity index (χ0v) is 10.0. The second-order valence-electron chi connectivity index (χ2n) is 3.91. The third-order valence-electron chi connectivity index (χ3n) is 1.53. The summed E-state index contributed by atoms with van der Waals surface area (Å²) in [6.07, 6.45) is -0.822. The second-order valence-corrected chi connectivity index (χ2v) is 3.91. The van der Waals surface area contributed by atoms with E-state index in [9.17, 15) is 9.59 Å². The monoisotopic (exact) mass is 233 g/mol. The lowest BCUT2D eigenvalue weighted by molar-refractivity contribution is -0.159. The van der Waals surface area contributed by atoms with Gasteiger partial charge in [0.15, 0.2) is 0 Å². The number of hydrogen-bond acceptors (Lipinski definition) is 6. The van der Waals surface area contributed by atoms with Crippen LogP contribution in [0.4, 0.5) is 0 Å². The summed E-state index contributed by atoms with van der Waals surface area (Å²) >= 11 is 0. The Morgan fingerprint density at radius 3 is 2.00 bits per heavy atom. The summed E-state index contributed by atoms with van der Waals surface area (Å²) in [5, 5.41) is 8.73. The van der Waals surface area contributed by atoms with Crippen molar-refractivity contribution >= 4 is 11.9 Å². The summed E-state index contributed by atoms with van der Waals surface area (Å²) in [5.74, 6) is -1.25. The van der Waals surface area contributed by atoms with Gasteiger partial charge in [-0.15, -0.1) is 0 Å². The number of hydroxylamine groups is 1. The molecule has 6 heteroatoms. The number of carbonyl (C=O) groups excluding carboxylic acids is 2. The van der Waals surface area contributed by atoms with Gasteiger partial charge in [0.05, 0.1) is 18.6 Å². The van der Waals surface area contributed by atoms with Crippen LogP contribution in [-0.2, 0) is 19.1 Å². The third kappa shape index (κ3) is 6.36. The Morgan fingerprint density at radius 2 is 1.62 bits per heavy atom. The number of esters is 2. The van der Waals surface area contributed by atoms with Gasteiger partial charge in [-0.25, -0.2) is 0 Å². The van der Waals surface area contributed by atoms with Crippen LogP contribution in [-0.4, -0.2) is 35.4 Å². The molecule has 0 saturated heterocycles. The van der Waals surface area contributed by atoms with Gasteiger partial charge in [-0.3, -0.25) is 9.59 Å². The van der Waals surface area contributed by atoms with Crippen molar-refractivity contribution in [3.63, 3.8) is 0 Å². The lowest BCUT2D eigenvalue weighted by Gasteiger charge is -2.16. The van der Waals surface area contributed by atoms with Gasteiger partial charge in [0.1, 0.15) is 6.04 Å². The molecule has 1 atom stereocenters. The number of ether oxygens (including phenoxy) is 2. The fourth-order valence-electron chi connectivity index (χ4n) is 0.974. The van der Waals surface area contributed by atoms with Crippen LogP contribution in [0.5, 0.6) is 0 Å². The van der Waals surface area contributed by atoms with Gasteiger partial charge >= 0.3 is 11.9 Å². The van der Waals surface area contributed by atoms with Gasteiger partial charge in [0, 0.05) is 0 Å². The lowest BCUT2D eigenvalue weighted by atomic mass is 10.2. The third-order valence-corrected chi connectivity index (χ3v) is 1.53. The molecule has 0 aromatic heterocycles. The Hall–Kier alpha value is -1.14. The highest BCUT2D eigenvalue weighted by Gasteiger charge is 2.24. The van der Waals surface area contributed by atoms with Crippen molar-refractivity contribution in [2.45, 2.75) is 52.4 Å². The van der Waals surface area contributed by atoms with Gasteiger partial charge in [-0.2, -0.15) is 5.48 Å². The minimum atomic E-state index is -1.09. The standard InChI is InChI=1S/C10H19NO5/c1-6(2)15-9(12)5-8(11-14)10(13)16-7(3)4/h6-8,11,14H,5H2,1-4H3/t8-/m0/s1. The minimum Gasteiger partial charge on any atom is -0.463 e. The molecule has 0 aromatic carbocycles. The van der Waals surface area contributed by atoms with E-state index >= 15 is 0 Å². The molecule has 0 radical (unpaired) electrons. The Balaban J connectivity index is 4.18. The van der Waals surface area contributed by atoms with Gasteiger partial charge in [0.25, 0.3) is 0 Å². The topological polar surface area (TPSA) is 84.9 Å². The molecule has 0 heterocycles. The predicted octanol–water partition coefficient (Wildman–Crippen LogP) is 0.627. The van der Waals surface area contributed by atoms with Crippen LogP contribution in [0.1, 0.15) is 34.1 Å². The van der Waals surface area contributed by atoms with Gasteiger partial charge in [-0.05, 0) is 27.7 Å². The van der Waals surface area contributed by atoms with E-state index in [1.165, 1.54) is 0 Å². The highest BCUT2D eigenvalue weighted by atomic mass is 16.6. The highest BCUT2D eigenvalue weighted by Crippen LogP contribution is 2.02. The fraction of sp³-hybridized carbons (Fsp3) is 0.800. The molecule has 0 rings (SSSR count). The molecule has 0 aromatic rings. The molecule has 16 heavy (non-hydrogen) atoms. The Labute approximate surface area is 94.9 Å². The van der Waals surface area contributed by atoms with Crippen LogP contribution in [0.3, 0.4) is 0 Å². The molecule has 0 bridgehead atoms. The van der Waals surface area contributed by atoms with Crippen LogP contribution < -0.4 is 5.48 Å². The normalized spacial score (nSPS) is 12.7. The van der Waals surface area contributed by atoms with Crippen molar-refractivity contribution in [3.8, 4) is 0 Å². The molecule has 0 aliphatic carbocycles. The first-order valence-electron chi connectivity index (χ1n) is 5.16. The molecule has 0 amide bonds. The zero-order chi connectivity index (χ0) is 12.7. The van der Waals surface area contributed by atoms with Crippen LogP contribution in [0, 0.1) is 0 Å². The van der Waals surface area contributed by atoms with Crippen LogP contribution >= 0.6 is 0 Å². The van der Waals surface area contributed by atoms with E-state index in [-0.39, 0.29) is 18.6 Å². The van der Waals surface area contributed by atoms with Crippen molar-refractivity contribution in [2.75, 3.05) is 0 Å². The summed E-state index contributed by atoms with van der Waals surface area (Å²) in [6, 6.07) is -1.09. The number of hydrogen-bond donors (Lipinski definition) is 2. The lowest BCUT2D eigenvalue weighted by Crippen LogP contribution is -2.39. The van der Waals surface area contributed by atoms with Crippen molar-refractivity contribution < 1.29 is 24.3 Å². The molecule has 0 unspecified atom stereocenters. The van der Waals surface area contributed by atoms with Gasteiger partial charge in [-0.1, -0.05) is 0 Å². The summed E-state index contributed by atoms with van der Waals surface area (Å²) in [4.78, 5) is 22.6. The molecule has 0 spiro atoms. The summed E-state index contributed by atoms with van der Waals surface area (Å²) in [5.41, 5.74) is 1.74. The Kier molecular flexibility index (Phi) is 6.67. The second kappa shape index (κ2) is 7.19. The van der Waals surface area contributed by atoms with Crippen molar-refractivity contribution in [1.82, 2.24) is 5.48 Å². The van der Waals surface area contributed by atoms with Crippen molar-refractivity contribution in [3.05, 3.63) is 0 Å². The SMILES string of the molecule is CC(C)OC(=O)C[C@H](NO)C(=O)OC(C)C. The average molecular weight is 233 g/mol. The maximum absolute atomic E-state index is 11.4. The first kappa shape index (κ1) is 14.9. The summed E-state index contributed by atoms with van der Waals surface area (Å²) in [6.45, 7) is 6.76. The van der Waals surface area contributed by atoms with Gasteiger partial charge < -0.3 is 14.7 Å². The molecule has 0 saturated carbocycles. The first-order chi connectivity index (χ1) is 7.36. The van der Waals surface area contributed by atoms with E-state index < -0.39 is 18.0 Å². The minimum absolute atomic E-state index is 0.257. The average Bonchev–Trinajstić information content (AvgIpc) is 2.11. The molecule has 94 valence electrons. The predicted molar refractivity (Wildman–Crippen MR) is 55.8 cm³/mol. The summed E-state index contributed by atoms with van der Waals surface area (Å²) < 4.78 is 9.68. The van der Waals surface area contributed by atoms with E-state index in [0.29, 0.717) is 0 Å². The van der Waals surface area contributed by atoms with Crippen LogP contribution in [0.25, 0.3) is 0 Å². The van der Waals surface area contributed by atoms with Gasteiger partial charge in [0.2, 0.25) is 0 Å². The van der Waals surface area contributed by atoms with E-state index in [2.05, 4.69) is 0 Å². The number of carbonyl (C=O) groups is 2. The van der Waals surface area contributed by atoms with Crippen LogP contribution in [0.2, 0.25) is 0 Å². The molecule has 0 fully saturated rings. The largest absolute Gasteiger partial charge is 0.463 e. The molecular weight excluding hydrogens is 214 g/mol. The summed E-state index contributed by atoms with van der Waals surface area (Å²) in [7, 11) is 0. The van der Waals surface area contributed by atoms with E-state index in [1.807, 2.05) is 0 Å². The number of nitrogens with one attached hydrogen (secondary N) is 1. The molecule has 6 nitrogen and oxygen atoms in total. The quantitative estimate of drug-likeness (QED) is 0.517. The first-order valence-corrected chi connectivity index (χ1v) is 5.16. The zero-order valence-electron chi connectivity index (χ0n) is 10.0. The van der Waals surface area contributed by atoms with Crippen LogP contribution in [0.15, 0.2) is 0 Å².